The Kier molecular flexibility index (Phi) is 3.12. The van der Waals surface area contributed by atoms with Crippen LogP contribution in [0.3, 0.4) is 0 Å². The number of carbonyl (C=O) groups is 1. The van der Waals surface area contributed by atoms with E-state index < -0.39 is 9.84 Å². The van der Waals surface area contributed by atoms with Crippen LogP contribution in [0, 0.1) is 0 Å². The third kappa shape index (κ3) is 2.46. The highest BCUT2D eigenvalue weighted by Gasteiger charge is 2.25. The molecule has 0 unspecified atom stereocenters. The van der Waals surface area contributed by atoms with E-state index in [1.807, 2.05) is 24.3 Å². The fourth-order valence-corrected chi connectivity index (χ4v) is 4.21. The number of aryl methyl sites for hydroxylation is 1. The van der Waals surface area contributed by atoms with E-state index in [9.17, 15) is 13.2 Å². The summed E-state index contributed by atoms with van der Waals surface area (Å²) in [7, 11) is -3.28. The number of amides is 1. The van der Waals surface area contributed by atoms with E-state index in [4.69, 9.17) is 0 Å². The molecule has 2 aliphatic rings. The van der Waals surface area contributed by atoms with Gasteiger partial charge in [-0.05, 0) is 35.7 Å². The molecule has 0 bridgehead atoms. The Morgan fingerprint density at radius 1 is 1.04 bits per heavy atom. The highest BCUT2D eigenvalue weighted by molar-refractivity contribution is 7.91. The molecule has 0 aliphatic carbocycles. The van der Waals surface area contributed by atoms with Gasteiger partial charge in [-0.1, -0.05) is 6.07 Å². The normalized spacial score (nSPS) is 18.3. The number of hydrogen-bond acceptors (Lipinski definition) is 5. The van der Waals surface area contributed by atoms with Crippen LogP contribution in [0.15, 0.2) is 35.5 Å². The van der Waals surface area contributed by atoms with Crippen LogP contribution in [0.4, 0.5) is 11.4 Å². The first-order valence-corrected chi connectivity index (χ1v) is 9.08. The first-order valence-electron chi connectivity index (χ1n) is 7.43. The summed E-state index contributed by atoms with van der Waals surface area (Å²) in [4.78, 5) is 15.6. The third-order valence-corrected chi connectivity index (χ3v) is 5.82. The molecule has 2 aromatic rings. The van der Waals surface area contributed by atoms with Gasteiger partial charge in [0.25, 0.3) is 0 Å². The van der Waals surface area contributed by atoms with E-state index >= 15 is 0 Å². The first kappa shape index (κ1) is 14.2. The average Bonchev–Trinajstić information content (AvgIpc) is 2.53. The molecule has 2 N–H and O–H groups in total. The number of rotatable bonds is 1. The van der Waals surface area contributed by atoms with Crippen LogP contribution < -0.4 is 10.6 Å². The van der Waals surface area contributed by atoms with Crippen LogP contribution >= 0.6 is 0 Å². The van der Waals surface area contributed by atoms with Crippen molar-refractivity contribution in [3.63, 3.8) is 0 Å². The van der Waals surface area contributed by atoms with Crippen LogP contribution in [0.1, 0.15) is 12.0 Å². The quantitative estimate of drug-likeness (QED) is 0.833. The molecule has 7 heteroatoms. The van der Waals surface area contributed by atoms with E-state index in [1.54, 1.807) is 6.20 Å². The predicted molar refractivity (Wildman–Crippen MR) is 87.2 cm³/mol. The van der Waals surface area contributed by atoms with Gasteiger partial charge in [0.15, 0.2) is 14.9 Å². The summed E-state index contributed by atoms with van der Waals surface area (Å²) in [6.45, 7) is 0.399. The number of nitrogens with zero attached hydrogens (tertiary/aromatic N) is 1. The molecule has 23 heavy (non-hydrogen) atoms. The number of anilines is 2. The number of carbonyl (C=O) groups excluding carboxylic acids is 1. The van der Waals surface area contributed by atoms with Gasteiger partial charge < -0.3 is 10.6 Å². The smallest absolute Gasteiger partial charge is 0.224 e. The molecule has 6 nitrogen and oxygen atoms in total. The maximum Gasteiger partial charge on any atom is 0.224 e. The Bertz CT molecular complexity index is 922. The minimum absolute atomic E-state index is 0.0371. The second-order valence-electron chi connectivity index (χ2n) is 5.74. The average molecular weight is 329 g/mol. The molecule has 2 aliphatic heterocycles. The largest absolute Gasteiger partial charge is 0.382 e. The Labute approximate surface area is 133 Å². The molecule has 0 saturated carbocycles. The van der Waals surface area contributed by atoms with E-state index in [-0.39, 0.29) is 16.7 Å². The molecule has 118 valence electrons. The monoisotopic (exact) mass is 329 g/mol. The molecular formula is C16H15N3O3S. The van der Waals surface area contributed by atoms with Crippen molar-refractivity contribution in [1.82, 2.24) is 4.98 Å². The SMILES string of the molecule is O=C1CCc2cc(-c3cnc4c(c3)NCCS4(=O)=O)ccc2N1. The van der Waals surface area contributed by atoms with Crippen molar-refractivity contribution in [3.05, 3.63) is 36.0 Å². The van der Waals surface area contributed by atoms with E-state index in [0.29, 0.717) is 25.1 Å². The van der Waals surface area contributed by atoms with Gasteiger partial charge in [0.1, 0.15) is 0 Å². The van der Waals surface area contributed by atoms with Crippen molar-refractivity contribution in [2.24, 2.45) is 0 Å². The Balaban J connectivity index is 1.76. The number of aromatic nitrogens is 1. The zero-order valence-corrected chi connectivity index (χ0v) is 13.1. The molecule has 1 aromatic heterocycles. The van der Waals surface area contributed by atoms with Crippen LogP contribution in [0.25, 0.3) is 11.1 Å². The second-order valence-corrected chi connectivity index (χ2v) is 7.77. The number of sulfone groups is 1. The lowest BCUT2D eigenvalue weighted by Crippen LogP contribution is -2.24. The summed E-state index contributed by atoms with van der Waals surface area (Å²) in [5.74, 6) is 0.111. The predicted octanol–water partition coefficient (Wildman–Crippen LogP) is 1.83. The lowest BCUT2D eigenvalue weighted by atomic mass is 9.97. The number of fused-ring (bicyclic) bond motifs is 2. The van der Waals surface area contributed by atoms with Gasteiger partial charge in [-0.3, -0.25) is 4.79 Å². The van der Waals surface area contributed by atoms with Crippen LogP contribution in [0.2, 0.25) is 0 Å². The van der Waals surface area contributed by atoms with Crippen molar-refractivity contribution in [2.45, 2.75) is 17.9 Å². The molecule has 4 rings (SSSR count). The third-order valence-electron chi connectivity index (χ3n) is 4.17. The fraction of sp³-hybridized carbons (Fsp3) is 0.250. The van der Waals surface area contributed by atoms with Crippen LogP contribution in [-0.2, 0) is 21.1 Å². The maximum absolute atomic E-state index is 12.0. The van der Waals surface area contributed by atoms with Crippen molar-refractivity contribution in [2.75, 3.05) is 22.9 Å². The van der Waals surface area contributed by atoms with E-state index in [0.717, 1.165) is 22.4 Å². The Morgan fingerprint density at radius 2 is 1.91 bits per heavy atom. The number of pyridine rings is 1. The zero-order valence-electron chi connectivity index (χ0n) is 12.3. The minimum atomic E-state index is -3.28. The topological polar surface area (TPSA) is 88.2 Å². The molecule has 3 heterocycles. The molecule has 0 fully saturated rings. The summed E-state index contributed by atoms with van der Waals surface area (Å²) >= 11 is 0. The highest BCUT2D eigenvalue weighted by Crippen LogP contribution is 2.32. The van der Waals surface area contributed by atoms with E-state index in [1.165, 1.54) is 0 Å². The van der Waals surface area contributed by atoms with Crippen molar-refractivity contribution < 1.29 is 13.2 Å². The van der Waals surface area contributed by atoms with Gasteiger partial charge in [0.2, 0.25) is 5.91 Å². The summed E-state index contributed by atoms with van der Waals surface area (Å²) in [6.07, 6.45) is 2.78. The van der Waals surface area contributed by atoms with Crippen molar-refractivity contribution >= 4 is 27.1 Å². The molecule has 0 atom stereocenters. The molecular weight excluding hydrogens is 314 g/mol. The molecule has 0 spiro atoms. The molecule has 0 radical (unpaired) electrons. The molecule has 0 saturated heterocycles. The Morgan fingerprint density at radius 3 is 2.78 bits per heavy atom. The Hall–Kier alpha value is -2.41. The number of nitrogens with one attached hydrogen (secondary N) is 2. The fourth-order valence-electron chi connectivity index (χ4n) is 2.96. The van der Waals surface area contributed by atoms with Crippen LogP contribution in [0.5, 0.6) is 0 Å². The van der Waals surface area contributed by atoms with Crippen molar-refractivity contribution in [1.29, 1.82) is 0 Å². The van der Waals surface area contributed by atoms with Crippen LogP contribution in [-0.4, -0.2) is 31.6 Å². The maximum atomic E-state index is 12.0. The second kappa shape index (κ2) is 5.06. The summed E-state index contributed by atoms with van der Waals surface area (Å²) in [5, 5.41) is 6.07. The highest BCUT2D eigenvalue weighted by atomic mass is 32.2. The van der Waals surface area contributed by atoms with Gasteiger partial charge in [-0.25, -0.2) is 13.4 Å². The lowest BCUT2D eigenvalue weighted by Gasteiger charge is -2.19. The molecule has 1 aromatic carbocycles. The number of benzene rings is 1. The first-order chi connectivity index (χ1) is 11.0. The van der Waals surface area contributed by atoms with Gasteiger partial charge >= 0.3 is 0 Å². The summed E-state index contributed by atoms with van der Waals surface area (Å²) < 4.78 is 24.0. The summed E-state index contributed by atoms with van der Waals surface area (Å²) in [5.41, 5.74) is 4.30. The zero-order chi connectivity index (χ0) is 16.0. The van der Waals surface area contributed by atoms with E-state index in [2.05, 4.69) is 15.6 Å². The summed E-state index contributed by atoms with van der Waals surface area (Å²) in [6, 6.07) is 7.63. The standard InChI is InChI=1S/C16H15N3O3S/c20-15-4-2-11-7-10(1-3-13(11)19-15)12-8-14-16(18-9-12)23(21,22)6-5-17-14/h1,3,7-9,17H,2,4-6H2,(H,19,20). The lowest BCUT2D eigenvalue weighted by molar-refractivity contribution is -0.116. The van der Waals surface area contributed by atoms with Crippen molar-refractivity contribution in [3.8, 4) is 11.1 Å². The van der Waals surface area contributed by atoms with Gasteiger partial charge in [-0.2, -0.15) is 0 Å². The van der Waals surface area contributed by atoms with Gasteiger partial charge in [0, 0.05) is 30.4 Å². The minimum Gasteiger partial charge on any atom is -0.382 e. The molecule has 1 amide bonds. The van der Waals surface area contributed by atoms with Gasteiger partial charge in [-0.15, -0.1) is 0 Å². The van der Waals surface area contributed by atoms with Gasteiger partial charge in [0.05, 0.1) is 11.4 Å². The number of hydrogen-bond donors (Lipinski definition) is 2.